The average molecular weight is 470 g/mol. The molecule has 0 unspecified atom stereocenters. The Balaban J connectivity index is 2.04. The molecular weight excluding hydrogens is 451 g/mol. The van der Waals surface area contributed by atoms with Crippen LogP contribution in [0.3, 0.4) is 0 Å². The molecule has 0 saturated carbocycles. The van der Waals surface area contributed by atoms with Crippen LogP contribution in [0, 0.1) is 8.98 Å². The van der Waals surface area contributed by atoms with Crippen LogP contribution in [0.5, 0.6) is 11.5 Å². The Morgan fingerprint density at radius 1 is 1.12 bits per heavy atom. The molecular formula is C17H19IN4O2S. The first-order valence-electron chi connectivity index (χ1n) is 7.33. The molecule has 0 aliphatic carbocycles. The van der Waals surface area contributed by atoms with Crippen molar-refractivity contribution in [3.63, 3.8) is 0 Å². The van der Waals surface area contributed by atoms with E-state index >= 15 is 0 Å². The minimum atomic E-state index is -0.117. The molecule has 6 nitrogen and oxygen atoms in total. The van der Waals surface area contributed by atoms with Crippen LogP contribution in [-0.2, 0) is 12.4 Å². The summed E-state index contributed by atoms with van der Waals surface area (Å²) in [5.41, 5.74) is 12.6. The molecule has 0 heterocycles. The van der Waals surface area contributed by atoms with Gasteiger partial charge in [0.2, 0.25) is 0 Å². The molecule has 0 aliphatic rings. The van der Waals surface area contributed by atoms with E-state index < -0.39 is 0 Å². The van der Waals surface area contributed by atoms with E-state index in [4.69, 9.17) is 26.4 Å². The van der Waals surface area contributed by atoms with Crippen molar-refractivity contribution in [2.75, 3.05) is 7.11 Å². The Labute approximate surface area is 164 Å². The molecule has 132 valence electrons. The summed E-state index contributed by atoms with van der Waals surface area (Å²) in [5.74, 6) is 1.76. The van der Waals surface area contributed by atoms with Crippen molar-refractivity contribution >= 4 is 45.5 Å². The van der Waals surface area contributed by atoms with E-state index in [9.17, 15) is 0 Å². The van der Waals surface area contributed by atoms with Crippen molar-refractivity contribution in [1.29, 1.82) is 5.41 Å². The van der Waals surface area contributed by atoms with Crippen LogP contribution in [0.4, 0.5) is 0 Å². The summed E-state index contributed by atoms with van der Waals surface area (Å²) >= 11 is 3.50. The Kier molecular flexibility index (Phi) is 7.38. The van der Waals surface area contributed by atoms with Gasteiger partial charge in [-0.05, 0) is 58.0 Å². The lowest BCUT2D eigenvalue weighted by Crippen LogP contribution is -2.23. The quantitative estimate of drug-likeness (QED) is 0.341. The third-order valence-corrected chi connectivity index (χ3v) is 4.70. The first kappa shape index (κ1) is 19.4. The summed E-state index contributed by atoms with van der Waals surface area (Å²) < 4.78 is 12.4. The summed E-state index contributed by atoms with van der Waals surface area (Å²) in [6, 6.07) is 13.8. The lowest BCUT2D eigenvalue weighted by molar-refractivity contribution is 0.284. The zero-order valence-corrected chi connectivity index (χ0v) is 16.6. The number of ether oxygens (including phenoxy) is 2. The van der Waals surface area contributed by atoms with Crippen LogP contribution in [0.1, 0.15) is 11.1 Å². The van der Waals surface area contributed by atoms with Gasteiger partial charge in [-0.3, -0.25) is 5.41 Å². The van der Waals surface area contributed by atoms with Gasteiger partial charge in [0.1, 0.15) is 6.61 Å². The SMILES string of the molecule is COc1ccc(CSC(=N)N=C(N)N)cc1OCc1ccc(I)cc1. The van der Waals surface area contributed by atoms with Crippen molar-refractivity contribution in [2.45, 2.75) is 12.4 Å². The number of amidine groups is 1. The fourth-order valence-corrected chi connectivity index (χ4v) is 2.98. The van der Waals surface area contributed by atoms with Crippen LogP contribution >= 0.6 is 34.4 Å². The average Bonchev–Trinajstić information content (AvgIpc) is 2.59. The highest BCUT2D eigenvalue weighted by atomic mass is 127. The summed E-state index contributed by atoms with van der Waals surface area (Å²) in [4.78, 5) is 3.69. The molecule has 8 heteroatoms. The molecule has 0 bridgehead atoms. The minimum Gasteiger partial charge on any atom is -0.493 e. The van der Waals surface area contributed by atoms with Gasteiger partial charge in [-0.2, -0.15) is 4.99 Å². The smallest absolute Gasteiger partial charge is 0.193 e. The van der Waals surface area contributed by atoms with Crippen LogP contribution < -0.4 is 20.9 Å². The number of halogens is 1. The molecule has 0 saturated heterocycles. The highest BCUT2D eigenvalue weighted by Crippen LogP contribution is 2.30. The Hall–Kier alpha value is -1.94. The number of hydrogen-bond donors (Lipinski definition) is 3. The predicted octanol–water partition coefficient (Wildman–Crippen LogP) is 3.32. The molecule has 5 N–H and O–H groups in total. The maximum absolute atomic E-state index is 7.67. The Morgan fingerprint density at radius 3 is 2.44 bits per heavy atom. The van der Waals surface area contributed by atoms with E-state index in [1.54, 1.807) is 7.11 Å². The fraction of sp³-hybridized carbons (Fsp3) is 0.176. The van der Waals surface area contributed by atoms with Crippen molar-refractivity contribution < 1.29 is 9.47 Å². The van der Waals surface area contributed by atoms with E-state index in [0.29, 0.717) is 23.9 Å². The van der Waals surface area contributed by atoms with Crippen LogP contribution in [0.25, 0.3) is 0 Å². The highest BCUT2D eigenvalue weighted by molar-refractivity contribution is 14.1. The number of nitrogens with zero attached hydrogens (tertiary/aromatic N) is 1. The van der Waals surface area contributed by atoms with Gasteiger partial charge in [0.15, 0.2) is 22.6 Å². The van der Waals surface area contributed by atoms with Gasteiger partial charge >= 0.3 is 0 Å². The molecule has 0 aromatic heterocycles. The molecule has 0 radical (unpaired) electrons. The second-order valence-electron chi connectivity index (χ2n) is 5.03. The van der Waals surface area contributed by atoms with E-state index in [1.165, 1.54) is 15.3 Å². The lowest BCUT2D eigenvalue weighted by atomic mass is 10.2. The molecule has 0 fully saturated rings. The number of thioether (sulfide) groups is 1. The van der Waals surface area contributed by atoms with Crippen LogP contribution in [0.2, 0.25) is 0 Å². The molecule has 0 atom stereocenters. The van der Waals surface area contributed by atoms with Gasteiger partial charge < -0.3 is 20.9 Å². The van der Waals surface area contributed by atoms with E-state index in [2.05, 4.69) is 27.6 Å². The Morgan fingerprint density at radius 2 is 1.80 bits per heavy atom. The molecule has 0 aliphatic heterocycles. The Bertz CT molecular complexity index is 762. The van der Waals surface area contributed by atoms with Gasteiger partial charge in [-0.15, -0.1) is 0 Å². The van der Waals surface area contributed by atoms with Gasteiger partial charge in [0.05, 0.1) is 7.11 Å². The van der Waals surface area contributed by atoms with Crippen molar-refractivity contribution in [2.24, 2.45) is 16.5 Å². The standard InChI is InChI=1S/C17H19IN4O2S/c1-23-14-7-4-12(10-25-17(21)22-16(19)20)8-15(14)24-9-11-2-5-13(18)6-3-11/h2-8H,9-10H2,1H3,(H5,19,20,21,22). The van der Waals surface area contributed by atoms with Crippen molar-refractivity contribution in [3.8, 4) is 11.5 Å². The number of nitrogens with one attached hydrogen (secondary N) is 1. The number of nitrogens with two attached hydrogens (primary N) is 2. The molecule has 2 aromatic rings. The van der Waals surface area contributed by atoms with Gasteiger partial charge in [-0.1, -0.05) is 30.0 Å². The highest BCUT2D eigenvalue weighted by Gasteiger charge is 2.08. The monoisotopic (exact) mass is 470 g/mol. The normalized spacial score (nSPS) is 10.2. The molecule has 0 spiro atoms. The number of rotatable bonds is 6. The van der Waals surface area contributed by atoms with Gasteiger partial charge in [0, 0.05) is 9.32 Å². The van der Waals surface area contributed by atoms with Crippen LogP contribution in [0.15, 0.2) is 47.5 Å². The van der Waals surface area contributed by atoms with Crippen molar-refractivity contribution in [1.82, 2.24) is 0 Å². The van der Waals surface area contributed by atoms with E-state index in [0.717, 1.165) is 11.1 Å². The molecule has 2 rings (SSSR count). The third kappa shape index (κ3) is 6.46. The topological polar surface area (TPSA) is 107 Å². The molecule has 2 aromatic carbocycles. The van der Waals surface area contributed by atoms with Gasteiger partial charge in [0.25, 0.3) is 0 Å². The number of guanidine groups is 1. The molecule has 0 amide bonds. The number of methoxy groups -OCH3 is 1. The minimum absolute atomic E-state index is 0.0668. The second kappa shape index (κ2) is 9.52. The lowest BCUT2D eigenvalue weighted by Gasteiger charge is -2.12. The maximum atomic E-state index is 7.67. The summed E-state index contributed by atoms with van der Waals surface area (Å²) in [6.07, 6.45) is 0. The van der Waals surface area contributed by atoms with Crippen molar-refractivity contribution in [3.05, 3.63) is 57.2 Å². The number of aliphatic imine (C=N–C) groups is 1. The largest absolute Gasteiger partial charge is 0.493 e. The van der Waals surface area contributed by atoms with E-state index in [1.807, 2.05) is 42.5 Å². The number of benzene rings is 2. The summed E-state index contributed by atoms with van der Waals surface area (Å²) in [6.45, 7) is 0.452. The second-order valence-corrected chi connectivity index (χ2v) is 7.24. The summed E-state index contributed by atoms with van der Waals surface area (Å²) in [5, 5.41) is 7.74. The first-order chi connectivity index (χ1) is 12.0. The molecule has 25 heavy (non-hydrogen) atoms. The van der Waals surface area contributed by atoms with E-state index in [-0.39, 0.29) is 11.1 Å². The van der Waals surface area contributed by atoms with Gasteiger partial charge in [-0.25, -0.2) is 0 Å². The predicted molar refractivity (Wildman–Crippen MR) is 111 cm³/mol. The fourth-order valence-electron chi connectivity index (χ4n) is 1.97. The maximum Gasteiger partial charge on any atom is 0.193 e. The third-order valence-electron chi connectivity index (χ3n) is 3.14. The summed E-state index contributed by atoms with van der Waals surface area (Å²) in [7, 11) is 1.61. The number of hydrogen-bond acceptors (Lipinski definition) is 4. The first-order valence-corrected chi connectivity index (χ1v) is 9.39. The zero-order valence-electron chi connectivity index (χ0n) is 13.7. The zero-order chi connectivity index (χ0) is 18.2. The van der Waals surface area contributed by atoms with Crippen LogP contribution in [-0.4, -0.2) is 18.2 Å².